The molecule has 0 fully saturated rings. The summed E-state index contributed by atoms with van der Waals surface area (Å²) >= 11 is 1.52. The van der Waals surface area contributed by atoms with Crippen molar-refractivity contribution >= 4 is 39.7 Å². The Kier molecular flexibility index (Phi) is 6.39. The second kappa shape index (κ2) is 9.14. The summed E-state index contributed by atoms with van der Waals surface area (Å²) in [5.74, 6) is -0.349. The molecule has 144 valence electrons. The van der Waals surface area contributed by atoms with Crippen LogP contribution in [0.1, 0.15) is 19.4 Å². The highest BCUT2D eigenvalue weighted by atomic mass is 32.1. The maximum Gasteiger partial charge on any atom is 0.221 e. The molecular formula is C21H22N4O2S. The quantitative estimate of drug-likeness (QED) is 0.555. The smallest absolute Gasteiger partial charge is 0.221 e. The molecule has 2 amide bonds. The molecule has 1 heterocycles. The first-order valence-corrected chi connectivity index (χ1v) is 9.82. The maximum absolute atomic E-state index is 11.6. The standard InChI is InChI=1S/C21H22N4O2S/c1-14(26)23-17-8-9-18(19(12-17)24-15(2)27)20-13-28-21(25-20)22-11-10-16-6-4-3-5-7-16/h3-9,12-13H,10-11H2,1-2H3,(H,22,25)(H,23,26)(H,24,27). The van der Waals surface area contributed by atoms with Crippen LogP contribution in [0.4, 0.5) is 16.5 Å². The summed E-state index contributed by atoms with van der Waals surface area (Å²) in [6, 6.07) is 15.7. The molecule has 3 rings (SSSR count). The highest BCUT2D eigenvalue weighted by Gasteiger charge is 2.12. The van der Waals surface area contributed by atoms with Crippen molar-refractivity contribution in [2.45, 2.75) is 20.3 Å². The Bertz CT molecular complexity index is 970. The minimum Gasteiger partial charge on any atom is -0.361 e. The van der Waals surface area contributed by atoms with Crippen molar-refractivity contribution < 1.29 is 9.59 Å². The number of hydrogen-bond donors (Lipinski definition) is 3. The molecule has 2 aromatic carbocycles. The van der Waals surface area contributed by atoms with E-state index in [4.69, 9.17) is 0 Å². The number of rotatable bonds is 7. The van der Waals surface area contributed by atoms with Crippen LogP contribution in [-0.2, 0) is 16.0 Å². The van der Waals surface area contributed by atoms with E-state index in [0.29, 0.717) is 11.4 Å². The van der Waals surface area contributed by atoms with Gasteiger partial charge >= 0.3 is 0 Å². The molecule has 0 saturated carbocycles. The van der Waals surface area contributed by atoms with E-state index in [9.17, 15) is 9.59 Å². The molecule has 6 nitrogen and oxygen atoms in total. The first-order chi connectivity index (χ1) is 13.5. The summed E-state index contributed by atoms with van der Waals surface area (Å²) in [5.41, 5.74) is 4.08. The van der Waals surface area contributed by atoms with Crippen molar-refractivity contribution in [1.82, 2.24) is 4.98 Å². The average Bonchev–Trinajstić information content (AvgIpc) is 3.10. The molecule has 7 heteroatoms. The van der Waals surface area contributed by atoms with Crippen LogP contribution < -0.4 is 16.0 Å². The van der Waals surface area contributed by atoms with E-state index in [-0.39, 0.29) is 11.8 Å². The highest BCUT2D eigenvalue weighted by Crippen LogP contribution is 2.33. The number of aromatic nitrogens is 1. The number of benzene rings is 2. The summed E-state index contributed by atoms with van der Waals surface area (Å²) in [6.07, 6.45) is 0.915. The van der Waals surface area contributed by atoms with Gasteiger partial charge in [0.15, 0.2) is 5.13 Å². The van der Waals surface area contributed by atoms with E-state index in [2.05, 4.69) is 33.1 Å². The molecule has 0 unspecified atom stereocenters. The largest absolute Gasteiger partial charge is 0.361 e. The minimum absolute atomic E-state index is 0.167. The third-order valence-corrected chi connectivity index (χ3v) is 4.76. The van der Waals surface area contributed by atoms with Crippen LogP contribution in [0.5, 0.6) is 0 Å². The molecule has 0 atom stereocenters. The van der Waals surface area contributed by atoms with Gasteiger partial charge in [0.2, 0.25) is 11.8 Å². The summed E-state index contributed by atoms with van der Waals surface area (Å²) in [4.78, 5) is 27.5. The van der Waals surface area contributed by atoms with Gasteiger partial charge in [-0.15, -0.1) is 11.3 Å². The van der Waals surface area contributed by atoms with E-state index in [1.807, 2.05) is 29.6 Å². The summed E-state index contributed by atoms with van der Waals surface area (Å²) in [7, 11) is 0. The van der Waals surface area contributed by atoms with Gasteiger partial charge in [0, 0.05) is 37.0 Å². The van der Waals surface area contributed by atoms with Gasteiger partial charge in [0.1, 0.15) is 0 Å². The van der Waals surface area contributed by atoms with Gasteiger partial charge in [0.05, 0.1) is 11.4 Å². The molecule has 0 aliphatic rings. The van der Waals surface area contributed by atoms with E-state index in [1.165, 1.54) is 30.7 Å². The number of carbonyl (C=O) groups is 2. The predicted octanol–water partition coefficient (Wildman–Crippen LogP) is 4.38. The molecular weight excluding hydrogens is 372 g/mol. The van der Waals surface area contributed by atoms with Gasteiger partial charge in [-0.3, -0.25) is 9.59 Å². The number of amides is 2. The highest BCUT2D eigenvalue weighted by molar-refractivity contribution is 7.14. The van der Waals surface area contributed by atoms with Gasteiger partial charge in [-0.1, -0.05) is 30.3 Å². The Morgan fingerprint density at radius 1 is 1.00 bits per heavy atom. The Balaban J connectivity index is 1.73. The van der Waals surface area contributed by atoms with Gasteiger partial charge in [-0.25, -0.2) is 4.98 Å². The van der Waals surface area contributed by atoms with Crippen LogP contribution in [0.3, 0.4) is 0 Å². The molecule has 0 radical (unpaired) electrons. The molecule has 0 saturated heterocycles. The fourth-order valence-corrected chi connectivity index (χ4v) is 3.52. The Hall–Kier alpha value is -3.19. The van der Waals surface area contributed by atoms with Crippen LogP contribution in [0, 0.1) is 0 Å². The van der Waals surface area contributed by atoms with Gasteiger partial charge < -0.3 is 16.0 Å². The van der Waals surface area contributed by atoms with Crippen molar-refractivity contribution in [2.24, 2.45) is 0 Å². The lowest BCUT2D eigenvalue weighted by molar-refractivity contribution is -0.115. The molecule has 1 aromatic heterocycles. The summed E-state index contributed by atoms with van der Waals surface area (Å²) < 4.78 is 0. The van der Waals surface area contributed by atoms with Crippen LogP contribution >= 0.6 is 11.3 Å². The lowest BCUT2D eigenvalue weighted by Crippen LogP contribution is -2.10. The maximum atomic E-state index is 11.6. The third-order valence-electron chi connectivity index (χ3n) is 3.96. The Morgan fingerprint density at radius 3 is 2.46 bits per heavy atom. The molecule has 3 N–H and O–H groups in total. The molecule has 0 bridgehead atoms. The fraction of sp³-hybridized carbons (Fsp3) is 0.190. The van der Waals surface area contributed by atoms with Crippen molar-refractivity contribution in [2.75, 3.05) is 22.5 Å². The number of anilines is 3. The number of carbonyl (C=O) groups excluding carboxylic acids is 2. The molecule has 0 spiro atoms. The minimum atomic E-state index is -0.183. The Labute approximate surface area is 168 Å². The molecule has 0 aliphatic heterocycles. The number of nitrogens with zero attached hydrogens (tertiary/aromatic N) is 1. The van der Waals surface area contributed by atoms with E-state index in [1.54, 1.807) is 12.1 Å². The lowest BCUT2D eigenvalue weighted by atomic mass is 10.1. The second-order valence-corrected chi connectivity index (χ2v) is 7.18. The SMILES string of the molecule is CC(=O)Nc1ccc(-c2csc(NCCc3ccccc3)n2)c(NC(C)=O)c1. The molecule has 28 heavy (non-hydrogen) atoms. The normalized spacial score (nSPS) is 10.4. The number of nitrogens with one attached hydrogen (secondary N) is 3. The van der Waals surface area contributed by atoms with Crippen molar-refractivity contribution in [3.8, 4) is 11.3 Å². The molecule has 0 aliphatic carbocycles. The van der Waals surface area contributed by atoms with Crippen LogP contribution in [-0.4, -0.2) is 23.3 Å². The molecule has 3 aromatic rings. The predicted molar refractivity (Wildman–Crippen MR) is 115 cm³/mol. The van der Waals surface area contributed by atoms with Crippen molar-refractivity contribution in [1.29, 1.82) is 0 Å². The zero-order chi connectivity index (χ0) is 19.9. The van der Waals surface area contributed by atoms with Crippen LogP contribution in [0.25, 0.3) is 11.3 Å². The average molecular weight is 395 g/mol. The number of hydrogen-bond acceptors (Lipinski definition) is 5. The second-order valence-electron chi connectivity index (χ2n) is 6.32. The third kappa shape index (κ3) is 5.40. The Morgan fingerprint density at radius 2 is 1.75 bits per heavy atom. The topological polar surface area (TPSA) is 83.1 Å². The first-order valence-electron chi connectivity index (χ1n) is 8.94. The van der Waals surface area contributed by atoms with Gasteiger partial charge in [-0.2, -0.15) is 0 Å². The van der Waals surface area contributed by atoms with Gasteiger partial charge in [0.25, 0.3) is 0 Å². The lowest BCUT2D eigenvalue weighted by Gasteiger charge is -2.11. The summed E-state index contributed by atoms with van der Waals surface area (Å²) in [5, 5.41) is 11.7. The first kappa shape index (κ1) is 19.6. The van der Waals surface area contributed by atoms with Gasteiger partial charge in [-0.05, 0) is 30.2 Å². The summed E-state index contributed by atoms with van der Waals surface area (Å²) in [6.45, 7) is 3.68. The zero-order valence-electron chi connectivity index (χ0n) is 15.8. The van der Waals surface area contributed by atoms with Crippen molar-refractivity contribution in [3.63, 3.8) is 0 Å². The number of thiazole rings is 1. The van der Waals surface area contributed by atoms with Crippen LogP contribution in [0.2, 0.25) is 0 Å². The van der Waals surface area contributed by atoms with Crippen LogP contribution in [0.15, 0.2) is 53.9 Å². The van der Waals surface area contributed by atoms with Crippen molar-refractivity contribution in [3.05, 3.63) is 59.5 Å². The van der Waals surface area contributed by atoms with E-state index < -0.39 is 0 Å². The van der Waals surface area contributed by atoms with E-state index >= 15 is 0 Å². The monoisotopic (exact) mass is 394 g/mol. The fourth-order valence-electron chi connectivity index (χ4n) is 2.78. The zero-order valence-corrected chi connectivity index (χ0v) is 16.6. The van der Waals surface area contributed by atoms with E-state index in [0.717, 1.165) is 29.4 Å².